The van der Waals surface area contributed by atoms with Crippen LogP contribution in [0.3, 0.4) is 0 Å². The van der Waals surface area contributed by atoms with Crippen molar-refractivity contribution in [3.05, 3.63) is 29.3 Å². The molecule has 0 bridgehead atoms. The zero-order valence-corrected chi connectivity index (χ0v) is 21.7. The molecule has 0 radical (unpaired) electrons. The van der Waals surface area contributed by atoms with E-state index in [1.54, 1.807) is 0 Å². The molecule has 2 fully saturated rings. The van der Waals surface area contributed by atoms with Gasteiger partial charge in [0.05, 0.1) is 13.2 Å². The summed E-state index contributed by atoms with van der Waals surface area (Å²) in [6.07, 6.45) is 3.12. The van der Waals surface area contributed by atoms with E-state index < -0.39 is 0 Å². The van der Waals surface area contributed by atoms with E-state index in [1.807, 2.05) is 7.05 Å². The zero-order valence-electron chi connectivity index (χ0n) is 19.4. The van der Waals surface area contributed by atoms with Gasteiger partial charge in [-0.15, -0.1) is 24.0 Å². The van der Waals surface area contributed by atoms with Crippen molar-refractivity contribution >= 4 is 29.9 Å². The van der Waals surface area contributed by atoms with Gasteiger partial charge in [0.25, 0.3) is 0 Å². The molecule has 1 unspecified atom stereocenters. The molecule has 2 saturated heterocycles. The lowest BCUT2D eigenvalue weighted by molar-refractivity contribution is -0.00501. The number of guanidine groups is 1. The Bertz CT molecular complexity index is 702. The van der Waals surface area contributed by atoms with Crippen LogP contribution in [0.2, 0.25) is 0 Å². The molecule has 0 aromatic heterocycles. The number of hydrogen-bond acceptors (Lipinski definition) is 5. The number of likely N-dealkylation sites (N-methyl/N-ethyl adjacent to an activating group) is 1. The van der Waals surface area contributed by atoms with Gasteiger partial charge in [-0.1, -0.05) is 12.1 Å². The van der Waals surface area contributed by atoms with E-state index in [4.69, 9.17) is 14.2 Å². The van der Waals surface area contributed by atoms with E-state index in [9.17, 15) is 0 Å². The van der Waals surface area contributed by atoms with E-state index in [2.05, 4.69) is 59.7 Å². The van der Waals surface area contributed by atoms with Crippen LogP contribution < -0.4 is 15.4 Å². The van der Waals surface area contributed by atoms with Crippen molar-refractivity contribution in [2.24, 2.45) is 10.9 Å². The summed E-state index contributed by atoms with van der Waals surface area (Å²) in [5.41, 5.74) is 2.43. The van der Waals surface area contributed by atoms with Crippen LogP contribution in [0.5, 0.6) is 5.75 Å². The van der Waals surface area contributed by atoms with Gasteiger partial charge in [0.1, 0.15) is 5.75 Å². The Labute approximate surface area is 204 Å². The Balaban J connectivity index is 0.00000341. The molecule has 0 spiro atoms. The highest BCUT2D eigenvalue weighted by Crippen LogP contribution is 2.25. The third-order valence-electron chi connectivity index (χ3n) is 6.35. The van der Waals surface area contributed by atoms with Crippen molar-refractivity contribution in [2.45, 2.75) is 38.3 Å². The fourth-order valence-electron chi connectivity index (χ4n) is 4.05. The van der Waals surface area contributed by atoms with Gasteiger partial charge >= 0.3 is 0 Å². The highest BCUT2D eigenvalue weighted by atomic mass is 127. The van der Waals surface area contributed by atoms with Gasteiger partial charge in [0.2, 0.25) is 0 Å². The Morgan fingerprint density at radius 3 is 2.61 bits per heavy atom. The second-order valence-corrected chi connectivity index (χ2v) is 8.66. The summed E-state index contributed by atoms with van der Waals surface area (Å²) in [6.45, 7) is 7.56. The smallest absolute Gasteiger partial charge is 0.191 e. The first-order valence-electron chi connectivity index (χ1n) is 11.0. The van der Waals surface area contributed by atoms with Gasteiger partial charge in [-0.25, -0.2) is 0 Å². The maximum absolute atomic E-state index is 6.17. The van der Waals surface area contributed by atoms with Gasteiger partial charge < -0.3 is 29.7 Å². The number of halogens is 1. The minimum atomic E-state index is 0. The van der Waals surface area contributed by atoms with E-state index in [0.717, 1.165) is 69.5 Å². The first kappa shape index (κ1) is 26.2. The molecule has 31 heavy (non-hydrogen) atoms. The lowest BCUT2D eigenvalue weighted by Gasteiger charge is -2.43. The molecule has 8 heteroatoms. The van der Waals surface area contributed by atoms with Gasteiger partial charge in [-0.05, 0) is 51.9 Å². The van der Waals surface area contributed by atoms with Crippen LogP contribution in [0.1, 0.15) is 30.4 Å². The lowest BCUT2D eigenvalue weighted by atomic mass is 9.88. The quantitative estimate of drug-likeness (QED) is 0.297. The molecule has 1 aromatic carbocycles. The molecule has 2 heterocycles. The molecule has 7 nitrogen and oxygen atoms in total. The number of benzene rings is 1. The normalized spacial score (nSPS) is 20.9. The molecule has 0 amide bonds. The van der Waals surface area contributed by atoms with Gasteiger partial charge in [0, 0.05) is 57.0 Å². The third kappa shape index (κ3) is 7.47. The molecule has 1 atom stereocenters. The average molecular weight is 546 g/mol. The zero-order chi connectivity index (χ0) is 21.4. The van der Waals surface area contributed by atoms with E-state index in [1.165, 1.54) is 5.56 Å². The SMILES string of the molecule is CN=C(NCc1ccc(C)cc1OCC1CCOC1)NCC1(N(C)C)CCOCC1.I. The van der Waals surface area contributed by atoms with Gasteiger partial charge in [-0.3, -0.25) is 4.99 Å². The number of aliphatic imine (C=N–C) groups is 1. The Morgan fingerprint density at radius 1 is 1.19 bits per heavy atom. The van der Waals surface area contributed by atoms with Crippen molar-refractivity contribution in [1.82, 2.24) is 15.5 Å². The summed E-state index contributed by atoms with van der Waals surface area (Å²) in [4.78, 5) is 6.74. The number of ether oxygens (including phenoxy) is 3. The summed E-state index contributed by atoms with van der Waals surface area (Å²) in [6, 6.07) is 6.38. The topological polar surface area (TPSA) is 67.4 Å². The van der Waals surface area contributed by atoms with Crippen molar-refractivity contribution < 1.29 is 14.2 Å². The Morgan fingerprint density at radius 2 is 1.97 bits per heavy atom. The van der Waals surface area contributed by atoms with Crippen LogP contribution in [-0.4, -0.2) is 77.1 Å². The second-order valence-electron chi connectivity index (χ2n) is 8.66. The molecule has 2 N–H and O–H groups in total. The third-order valence-corrected chi connectivity index (χ3v) is 6.35. The molecular formula is C23H39IN4O3. The van der Waals surface area contributed by atoms with Crippen molar-refractivity contribution in [2.75, 3.05) is 60.7 Å². The van der Waals surface area contributed by atoms with Crippen molar-refractivity contribution in [3.63, 3.8) is 0 Å². The van der Waals surface area contributed by atoms with Crippen LogP contribution in [-0.2, 0) is 16.0 Å². The highest BCUT2D eigenvalue weighted by molar-refractivity contribution is 14.0. The van der Waals surface area contributed by atoms with E-state index in [-0.39, 0.29) is 29.5 Å². The maximum atomic E-state index is 6.17. The first-order chi connectivity index (χ1) is 14.5. The predicted octanol–water partition coefficient (Wildman–Crippen LogP) is 2.80. The van der Waals surface area contributed by atoms with Crippen LogP contribution in [0.4, 0.5) is 0 Å². The number of nitrogens with one attached hydrogen (secondary N) is 2. The summed E-state index contributed by atoms with van der Waals surface area (Å²) < 4.78 is 17.2. The number of aryl methyl sites for hydroxylation is 1. The molecule has 2 aliphatic heterocycles. The van der Waals surface area contributed by atoms with E-state index in [0.29, 0.717) is 19.1 Å². The van der Waals surface area contributed by atoms with Gasteiger partial charge in [0.15, 0.2) is 5.96 Å². The number of hydrogen-bond donors (Lipinski definition) is 2. The fraction of sp³-hybridized carbons (Fsp3) is 0.696. The molecule has 0 saturated carbocycles. The first-order valence-corrected chi connectivity index (χ1v) is 11.0. The number of nitrogens with zero attached hydrogens (tertiary/aromatic N) is 2. The average Bonchev–Trinajstić information content (AvgIpc) is 3.27. The minimum absolute atomic E-state index is 0. The largest absolute Gasteiger partial charge is 0.493 e. The Hall–Kier alpha value is -1.10. The van der Waals surface area contributed by atoms with Crippen LogP contribution >= 0.6 is 24.0 Å². The predicted molar refractivity (Wildman–Crippen MR) is 136 cm³/mol. The van der Waals surface area contributed by atoms with E-state index >= 15 is 0 Å². The maximum Gasteiger partial charge on any atom is 0.191 e. The molecule has 176 valence electrons. The standard InChI is InChI=1S/C23H38N4O3.HI/c1-18-5-6-20(21(13-18)30-16-19-7-10-29-15-19)14-25-22(24-2)26-17-23(27(3)4)8-11-28-12-9-23;/h5-6,13,19H,7-12,14-17H2,1-4H3,(H2,24,25,26);1H. The van der Waals surface area contributed by atoms with Crippen LogP contribution in [0, 0.1) is 12.8 Å². The Kier molecular flexibility index (Phi) is 10.8. The number of rotatable bonds is 8. The second kappa shape index (κ2) is 12.8. The molecule has 2 aliphatic rings. The lowest BCUT2D eigenvalue weighted by Crippen LogP contribution is -2.57. The summed E-state index contributed by atoms with van der Waals surface area (Å²) in [7, 11) is 6.11. The molecule has 0 aliphatic carbocycles. The monoisotopic (exact) mass is 546 g/mol. The summed E-state index contributed by atoms with van der Waals surface area (Å²) >= 11 is 0. The van der Waals surface area contributed by atoms with Crippen molar-refractivity contribution in [1.29, 1.82) is 0 Å². The summed E-state index contributed by atoms with van der Waals surface area (Å²) in [5.74, 6) is 2.24. The minimum Gasteiger partial charge on any atom is -0.493 e. The molecule has 3 rings (SSSR count). The molecule has 1 aromatic rings. The summed E-state index contributed by atoms with van der Waals surface area (Å²) in [5, 5.41) is 6.98. The van der Waals surface area contributed by atoms with Crippen molar-refractivity contribution in [3.8, 4) is 5.75 Å². The fourth-order valence-corrected chi connectivity index (χ4v) is 4.05. The highest BCUT2D eigenvalue weighted by Gasteiger charge is 2.34. The van der Waals surface area contributed by atoms with Crippen LogP contribution in [0.15, 0.2) is 23.2 Å². The van der Waals surface area contributed by atoms with Crippen LogP contribution in [0.25, 0.3) is 0 Å². The van der Waals surface area contributed by atoms with Gasteiger partial charge in [-0.2, -0.15) is 0 Å². The molecular weight excluding hydrogens is 507 g/mol.